The Bertz CT molecular complexity index is 1070. The van der Waals surface area contributed by atoms with Crippen molar-refractivity contribution < 1.29 is 0 Å². The van der Waals surface area contributed by atoms with Gasteiger partial charge in [-0.05, 0) is 74.2 Å². The van der Waals surface area contributed by atoms with E-state index in [1.54, 1.807) is 17.8 Å². The van der Waals surface area contributed by atoms with Crippen molar-refractivity contribution >= 4 is 18.8 Å². The number of allylic oxidation sites excluding steroid dienone is 3. The van der Waals surface area contributed by atoms with Gasteiger partial charge in [-0.15, -0.1) is 0 Å². The maximum Gasteiger partial charge on any atom is 0.253 e. The maximum absolute atomic E-state index is 12.1. The summed E-state index contributed by atoms with van der Waals surface area (Å²) in [5, 5.41) is 1.36. The lowest BCUT2D eigenvalue weighted by atomic mass is 9.97. The molecule has 0 N–H and O–H groups in total. The molecule has 0 atom stereocenters. The number of rotatable bonds is 5. The minimum absolute atomic E-state index is 0.0361. The van der Waals surface area contributed by atoms with E-state index in [1.165, 1.54) is 39.5 Å². The maximum atomic E-state index is 12.1. The highest BCUT2D eigenvalue weighted by Gasteiger charge is 2.23. The van der Waals surface area contributed by atoms with E-state index in [9.17, 15) is 4.79 Å². The standard InChI is InChI=1S/C24H33N4OP/c1-8-16(2)23(17(3)18(4)24-25-11-9-22(29)27(24)5)28-12-10-21-19(15-28)13-20(14-26-21)30(6)7/h9,11,13-14H,8,10,12,15H2,1-7H3/b18-17-,23-16-. The Kier molecular flexibility index (Phi) is 6.92. The Morgan fingerprint density at radius 1 is 1.20 bits per heavy atom. The first kappa shape index (κ1) is 22.4. The van der Waals surface area contributed by atoms with Crippen LogP contribution < -0.4 is 10.9 Å². The van der Waals surface area contributed by atoms with Crippen molar-refractivity contribution in [3.8, 4) is 0 Å². The molecule has 2 aromatic rings. The third kappa shape index (κ3) is 4.41. The van der Waals surface area contributed by atoms with Crippen molar-refractivity contribution in [2.24, 2.45) is 7.05 Å². The minimum Gasteiger partial charge on any atom is -0.367 e. The lowest BCUT2D eigenvalue weighted by Crippen LogP contribution is -2.33. The van der Waals surface area contributed by atoms with Crippen molar-refractivity contribution in [1.82, 2.24) is 19.4 Å². The second-order valence-electron chi connectivity index (χ2n) is 8.26. The Morgan fingerprint density at radius 2 is 1.93 bits per heavy atom. The summed E-state index contributed by atoms with van der Waals surface area (Å²) in [6, 6.07) is 3.86. The topological polar surface area (TPSA) is 51.0 Å². The third-order valence-corrected chi connectivity index (χ3v) is 7.39. The molecule has 0 fully saturated rings. The second kappa shape index (κ2) is 9.26. The van der Waals surface area contributed by atoms with Crippen molar-refractivity contribution in [3.05, 3.63) is 68.8 Å². The van der Waals surface area contributed by atoms with Gasteiger partial charge in [-0.3, -0.25) is 14.3 Å². The van der Waals surface area contributed by atoms with Crippen LogP contribution in [0.2, 0.25) is 0 Å². The molecule has 0 saturated carbocycles. The molecular formula is C24H33N4OP. The first-order valence-corrected chi connectivity index (χ1v) is 12.8. The van der Waals surface area contributed by atoms with E-state index in [1.807, 2.05) is 0 Å². The molecule has 3 heterocycles. The van der Waals surface area contributed by atoms with Crippen LogP contribution in [-0.2, 0) is 20.0 Å². The molecule has 0 aliphatic carbocycles. The first-order chi connectivity index (χ1) is 14.2. The highest BCUT2D eigenvalue weighted by Crippen LogP contribution is 2.32. The Balaban J connectivity index is 2.05. The quantitative estimate of drug-likeness (QED) is 0.536. The normalized spacial score (nSPS) is 15.7. The fourth-order valence-electron chi connectivity index (χ4n) is 4.01. The molecule has 30 heavy (non-hydrogen) atoms. The van der Waals surface area contributed by atoms with Gasteiger partial charge in [0.2, 0.25) is 0 Å². The van der Waals surface area contributed by atoms with Crippen LogP contribution in [0.4, 0.5) is 0 Å². The molecule has 0 spiro atoms. The molecule has 2 aromatic heterocycles. The summed E-state index contributed by atoms with van der Waals surface area (Å²) in [4.78, 5) is 23.9. The number of nitrogens with zero attached hydrogens (tertiary/aromatic N) is 4. The molecule has 6 heteroatoms. The highest BCUT2D eigenvalue weighted by atomic mass is 31.1. The van der Waals surface area contributed by atoms with Crippen molar-refractivity contribution in [2.75, 3.05) is 19.9 Å². The van der Waals surface area contributed by atoms with E-state index in [4.69, 9.17) is 4.98 Å². The van der Waals surface area contributed by atoms with Crippen LogP contribution in [0.1, 0.15) is 51.2 Å². The van der Waals surface area contributed by atoms with E-state index in [-0.39, 0.29) is 13.5 Å². The van der Waals surface area contributed by atoms with Crippen molar-refractivity contribution in [1.29, 1.82) is 0 Å². The van der Waals surface area contributed by atoms with E-state index in [0.29, 0.717) is 0 Å². The van der Waals surface area contributed by atoms with Crippen LogP contribution in [0.5, 0.6) is 0 Å². The largest absolute Gasteiger partial charge is 0.367 e. The molecule has 1 aliphatic rings. The molecule has 0 aromatic carbocycles. The molecule has 3 rings (SSSR count). The Morgan fingerprint density at radius 3 is 2.60 bits per heavy atom. The predicted octanol–water partition coefficient (Wildman–Crippen LogP) is 4.08. The predicted molar refractivity (Wildman–Crippen MR) is 127 cm³/mol. The van der Waals surface area contributed by atoms with E-state index < -0.39 is 0 Å². The molecule has 160 valence electrons. The van der Waals surface area contributed by atoms with Gasteiger partial charge in [0.25, 0.3) is 5.56 Å². The number of hydrogen-bond acceptors (Lipinski definition) is 4. The van der Waals surface area contributed by atoms with Crippen LogP contribution in [0.25, 0.3) is 5.57 Å². The molecule has 5 nitrogen and oxygen atoms in total. The number of aromatic nitrogens is 3. The minimum atomic E-state index is -0.159. The SMILES string of the molecule is CC/C(C)=C(/C(C)=C(/C)c1nccc(=O)n1C)N1CCc2ncc(P(C)C)cc2C1. The fourth-order valence-corrected chi connectivity index (χ4v) is 4.71. The highest BCUT2D eigenvalue weighted by molar-refractivity contribution is 7.64. The van der Waals surface area contributed by atoms with E-state index in [0.717, 1.165) is 37.3 Å². The average Bonchev–Trinajstić information content (AvgIpc) is 2.74. The van der Waals surface area contributed by atoms with Gasteiger partial charge in [0.15, 0.2) is 0 Å². The average molecular weight is 425 g/mol. The van der Waals surface area contributed by atoms with Crippen molar-refractivity contribution in [3.63, 3.8) is 0 Å². The van der Waals surface area contributed by atoms with Crippen LogP contribution in [0.15, 0.2) is 46.2 Å². The number of fused-ring (bicyclic) bond motifs is 1. The van der Waals surface area contributed by atoms with Crippen LogP contribution in [-0.4, -0.2) is 39.3 Å². The van der Waals surface area contributed by atoms with Gasteiger partial charge in [-0.1, -0.05) is 14.8 Å². The molecular weight excluding hydrogens is 391 g/mol. The third-order valence-electron chi connectivity index (χ3n) is 6.11. The summed E-state index contributed by atoms with van der Waals surface area (Å²) in [6.07, 6.45) is 5.60. The fraction of sp³-hybridized carbons (Fsp3) is 0.458. The van der Waals surface area contributed by atoms with Gasteiger partial charge in [0.1, 0.15) is 5.82 Å². The number of hydrogen-bond donors (Lipinski definition) is 0. The zero-order chi connectivity index (χ0) is 22.0. The molecule has 0 radical (unpaired) electrons. The second-order valence-corrected chi connectivity index (χ2v) is 10.6. The van der Waals surface area contributed by atoms with Crippen LogP contribution >= 0.6 is 7.92 Å². The lowest BCUT2D eigenvalue weighted by molar-refractivity contribution is 0.321. The monoisotopic (exact) mass is 424 g/mol. The van der Waals surface area contributed by atoms with Crippen molar-refractivity contribution in [2.45, 2.75) is 47.1 Å². The van der Waals surface area contributed by atoms with Gasteiger partial charge >= 0.3 is 0 Å². The summed E-state index contributed by atoms with van der Waals surface area (Å²) in [6.45, 7) is 15.0. The first-order valence-electron chi connectivity index (χ1n) is 10.5. The smallest absolute Gasteiger partial charge is 0.253 e. The Hall–Kier alpha value is -2.26. The van der Waals surface area contributed by atoms with Gasteiger partial charge < -0.3 is 4.90 Å². The molecule has 0 saturated heterocycles. The molecule has 0 unspecified atom stereocenters. The number of pyridine rings is 1. The van der Waals surface area contributed by atoms with E-state index in [2.05, 4.69) is 63.2 Å². The molecule has 0 amide bonds. The van der Waals surface area contributed by atoms with E-state index >= 15 is 0 Å². The summed E-state index contributed by atoms with van der Waals surface area (Å²) < 4.78 is 1.63. The van der Waals surface area contributed by atoms with Gasteiger partial charge in [0.05, 0.1) is 0 Å². The Labute approximate surface area is 181 Å². The molecule has 1 aliphatic heterocycles. The van der Waals surface area contributed by atoms with Crippen LogP contribution in [0, 0.1) is 0 Å². The summed E-state index contributed by atoms with van der Waals surface area (Å²) in [7, 11) is 1.63. The summed E-state index contributed by atoms with van der Waals surface area (Å²) >= 11 is 0. The van der Waals surface area contributed by atoms with Gasteiger partial charge in [-0.25, -0.2) is 4.98 Å². The lowest BCUT2D eigenvalue weighted by Gasteiger charge is -2.35. The summed E-state index contributed by atoms with van der Waals surface area (Å²) in [5.74, 6) is 0.727. The molecule has 0 bridgehead atoms. The van der Waals surface area contributed by atoms with Crippen LogP contribution in [0.3, 0.4) is 0 Å². The zero-order valence-corrected chi connectivity index (χ0v) is 20.2. The zero-order valence-electron chi connectivity index (χ0n) is 19.3. The summed E-state index contributed by atoms with van der Waals surface area (Å²) in [5.41, 5.74) is 7.39. The van der Waals surface area contributed by atoms with Gasteiger partial charge in [0, 0.05) is 56.4 Å². The van der Waals surface area contributed by atoms with Gasteiger partial charge in [-0.2, -0.15) is 0 Å².